The quantitative estimate of drug-likeness (QED) is 0.760. The van der Waals surface area contributed by atoms with Gasteiger partial charge in [0.05, 0.1) is 11.9 Å². The largest absolute Gasteiger partial charge is 0.384 e. The molecule has 1 aliphatic heterocycles. The Bertz CT molecular complexity index is 479. The van der Waals surface area contributed by atoms with E-state index in [4.69, 9.17) is 0 Å². The summed E-state index contributed by atoms with van der Waals surface area (Å²) >= 11 is 0. The van der Waals surface area contributed by atoms with Crippen LogP contribution in [-0.4, -0.2) is 16.5 Å². The molecular formula is C12H11N3. The third-order valence-corrected chi connectivity index (χ3v) is 2.71. The molecule has 0 bridgehead atoms. The van der Waals surface area contributed by atoms with Crippen molar-refractivity contribution in [3.05, 3.63) is 42.4 Å². The molecule has 1 aromatic carbocycles. The monoisotopic (exact) mass is 197 g/mol. The Balaban J connectivity index is 2.17. The molecular weight excluding hydrogens is 186 g/mol. The van der Waals surface area contributed by atoms with Crippen LogP contribution in [0.5, 0.6) is 0 Å². The summed E-state index contributed by atoms with van der Waals surface area (Å²) in [7, 11) is 0. The number of anilines is 1. The van der Waals surface area contributed by atoms with Crippen molar-refractivity contribution in [1.82, 2.24) is 9.97 Å². The summed E-state index contributed by atoms with van der Waals surface area (Å²) in [5.74, 6) is 0. The van der Waals surface area contributed by atoms with Gasteiger partial charge in [-0.3, -0.25) is 9.97 Å². The lowest BCUT2D eigenvalue weighted by molar-refractivity contribution is 1.10. The molecule has 3 nitrogen and oxygen atoms in total. The zero-order chi connectivity index (χ0) is 10.1. The predicted octanol–water partition coefficient (Wildman–Crippen LogP) is 2.11. The molecule has 1 aliphatic rings. The van der Waals surface area contributed by atoms with E-state index < -0.39 is 0 Å². The van der Waals surface area contributed by atoms with Crippen LogP contribution < -0.4 is 5.32 Å². The molecule has 74 valence electrons. The molecule has 0 saturated heterocycles. The highest BCUT2D eigenvalue weighted by molar-refractivity contribution is 5.73. The fourth-order valence-corrected chi connectivity index (χ4v) is 2.02. The van der Waals surface area contributed by atoms with E-state index in [1.54, 1.807) is 12.4 Å². The van der Waals surface area contributed by atoms with Gasteiger partial charge in [0, 0.05) is 30.2 Å². The van der Waals surface area contributed by atoms with Crippen molar-refractivity contribution >= 4 is 5.69 Å². The van der Waals surface area contributed by atoms with Gasteiger partial charge in [-0.05, 0) is 18.1 Å². The summed E-state index contributed by atoms with van der Waals surface area (Å²) in [5.41, 5.74) is 4.75. The molecule has 0 spiro atoms. The van der Waals surface area contributed by atoms with Crippen molar-refractivity contribution in [3.8, 4) is 11.3 Å². The lowest BCUT2D eigenvalue weighted by Gasteiger charge is -2.06. The van der Waals surface area contributed by atoms with E-state index in [-0.39, 0.29) is 0 Å². The predicted molar refractivity (Wildman–Crippen MR) is 59.7 cm³/mol. The Hall–Kier alpha value is -1.90. The normalized spacial score (nSPS) is 13.3. The van der Waals surface area contributed by atoms with Gasteiger partial charge in [-0.15, -0.1) is 0 Å². The highest BCUT2D eigenvalue weighted by Crippen LogP contribution is 2.31. The summed E-state index contributed by atoms with van der Waals surface area (Å²) in [6.07, 6.45) is 6.32. The molecule has 2 heterocycles. The summed E-state index contributed by atoms with van der Waals surface area (Å²) in [5, 5.41) is 3.36. The van der Waals surface area contributed by atoms with Gasteiger partial charge < -0.3 is 5.32 Å². The van der Waals surface area contributed by atoms with E-state index in [2.05, 4.69) is 33.5 Å². The van der Waals surface area contributed by atoms with E-state index in [9.17, 15) is 0 Å². The summed E-state index contributed by atoms with van der Waals surface area (Å²) in [6.45, 7) is 1.02. The molecule has 0 radical (unpaired) electrons. The summed E-state index contributed by atoms with van der Waals surface area (Å²) < 4.78 is 0. The first-order chi connectivity index (χ1) is 7.45. The Labute approximate surface area is 88.2 Å². The summed E-state index contributed by atoms with van der Waals surface area (Å²) in [4.78, 5) is 8.44. The van der Waals surface area contributed by atoms with Gasteiger partial charge in [0.1, 0.15) is 0 Å². The third-order valence-electron chi connectivity index (χ3n) is 2.71. The molecule has 0 aliphatic carbocycles. The second kappa shape index (κ2) is 3.35. The zero-order valence-corrected chi connectivity index (χ0v) is 8.27. The van der Waals surface area contributed by atoms with Crippen molar-refractivity contribution < 1.29 is 0 Å². The maximum Gasteiger partial charge on any atom is 0.0888 e. The first-order valence-corrected chi connectivity index (χ1v) is 5.07. The van der Waals surface area contributed by atoms with Crippen LogP contribution in [0.2, 0.25) is 0 Å². The number of fused-ring (bicyclic) bond motifs is 1. The lowest BCUT2D eigenvalue weighted by Crippen LogP contribution is -1.90. The van der Waals surface area contributed by atoms with E-state index >= 15 is 0 Å². The van der Waals surface area contributed by atoms with Crippen LogP contribution in [0.15, 0.2) is 36.8 Å². The molecule has 1 aromatic heterocycles. The van der Waals surface area contributed by atoms with Gasteiger partial charge in [0.15, 0.2) is 0 Å². The molecule has 0 fully saturated rings. The lowest BCUT2D eigenvalue weighted by atomic mass is 10.0. The third kappa shape index (κ3) is 1.36. The van der Waals surface area contributed by atoms with Crippen molar-refractivity contribution in [3.63, 3.8) is 0 Å². The van der Waals surface area contributed by atoms with E-state index in [1.165, 1.54) is 16.8 Å². The van der Waals surface area contributed by atoms with Gasteiger partial charge in [0.2, 0.25) is 0 Å². The van der Waals surface area contributed by atoms with Crippen molar-refractivity contribution in [1.29, 1.82) is 0 Å². The number of rotatable bonds is 1. The second-order valence-corrected chi connectivity index (χ2v) is 3.60. The number of benzene rings is 1. The Morgan fingerprint density at radius 1 is 1.20 bits per heavy atom. The number of aromatic nitrogens is 2. The molecule has 0 saturated carbocycles. The highest BCUT2D eigenvalue weighted by atomic mass is 14.9. The minimum absolute atomic E-state index is 0.957. The van der Waals surface area contributed by atoms with Crippen molar-refractivity contribution in [2.45, 2.75) is 6.42 Å². The standard InChI is InChI=1S/C12H11N3/c1-2-9(12-8-13-6-7-15-12)10-4-5-14-11(10)3-1/h1-3,6-8,14H,4-5H2. The number of hydrogen-bond acceptors (Lipinski definition) is 3. The molecule has 0 unspecified atom stereocenters. The van der Waals surface area contributed by atoms with Crippen LogP contribution in [0.1, 0.15) is 5.56 Å². The average Bonchev–Trinajstić information content (AvgIpc) is 2.78. The first kappa shape index (κ1) is 8.41. The van der Waals surface area contributed by atoms with E-state index in [1.807, 2.05) is 6.20 Å². The molecule has 0 amide bonds. The van der Waals surface area contributed by atoms with Crippen LogP contribution in [-0.2, 0) is 6.42 Å². The van der Waals surface area contributed by atoms with Crippen LogP contribution in [0.25, 0.3) is 11.3 Å². The van der Waals surface area contributed by atoms with Crippen molar-refractivity contribution in [2.24, 2.45) is 0 Å². The first-order valence-electron chi connectivity index (χ1n) is 5.07. The molecule has 15 heavy (non-hydrogen) atoms. The second-order valence-electron chi connectivity index (χ2n) is 3.60. The number of hydrogen-bond donors (Lipinski definition) is 1. The Morgan fingerprint density at radius 2 is 2.20 bits per heavy atom. The van der Waals surface area contributed by atoms with Crippen LogP contribution in [0, 0.1) is 0 Å². The Morgan fingerprint density at radius 3 is 3.07 bits per heavy atom. The van der Waals surface area contributed by atoms with Gasteiger partial charge in [0.25, 0.3) is 0 Å². The van der Waals surface area contributed by atoms with Gasteiger partial charge >= 0.3 is 0 Å². The van der Waals surface area contributed by atoms with E-state index in [0.717, 1.165) is 18.7 Å². The Kier molecular flexibility index (Phi) is 1.88. The van der Waals surface area contributed by atoms with Gasteiger partial charge in [-0.2, -0.15) is 0 Å². The molecule has 3 heteroatoms. The molecule has 1 N–H and O–H groups in total. The zero-order valence-electron chi connectivity index (χ0n) is 8.27. The fourth-order valence-electron chi connectivity index (χ4n) is 2.02. The SMILES string of the molecule is c1cc2c(c(-c3cnccn3)c1)CCN2. The molecule has 0 atom stereocenters. The molecule has 3 rings (SSSR count). The summed E-state index contributed by atoms with van der Waals surface area (Å²) in [6, 6.07) is 6.28. The van der Waals surface area contributed by atoms with E-state index in [0.29, 0.717) is 0 Å². The average molecular weight is 197 g/mol. The maximum atomic E-state index is 4.34. The number of nitrogens with one attached hydrogen (secondary N) is 1. The fraction of sp³-hybridized carbons (Fsp3) is 0.167. The maximum absolute atomic E-state index is 4.34. The van der Waals surface area contributed by atoms with Gasteiger partial charge in [-0.1, -0.05) is 12.1 Å². The smallest absolute Gasteiger partial charge is 0.0888 e. The minimum Gasteiger partial charge on any atom is -0.384 e. The van der Waals surface area contributed by atoms with Crippen LogP contribution >= 0.6 is 0 Å². The highest BCUT2D eigenvalue weighted by Gasteiger charge is 2.15. The topological polar surface area (TPSA) is 37.8 Å². The van der Waals surface area contributed by atoms with Gasteiger partial charge in [-0.25, -0.2) is 0 Å². The molecule has 2 aromatic rings. The number of nitrogens with zero attached hydrogens (tertiary/aromatic N) is 2. The van der Waals surface area contributed by atoms with Crippen LogP contribution in [0.3, 0.4) is 0 Å². The van der Waals surface area contributed by atoms with Crippen LogP contribution in [0.4, 0.5) is 5.69 Å². The minimum atomic E-state index is 0.957. The van der Waals surface area contributed by atoms with Crippen molar-refractivity contribution in [2.75, 3.05) is 11.9 Å².